The number of halogens is 1. The number of nitrogens with one attached hydrogen (secondary N) is 2. The van der Waals surface area contributed by atoms with Gasteiger partial charge in [-0.1, -0.05) is 18.2 Å². The van der Waals surface area contributed by atoms with Crippen molar-refractivity contribution in [1.29, 1.82) is 0 Å². The lowest BCUT2D eigenvalue weighted by Gasteiger charge is -2.04. The average molecular weight is 496 g/mol. The molecule has 3 aromatic carbocycles. The Morgan fingerprint density at radius 1 is 1.10 bits per heavy atom. The lowest BCUT2D eigenvalue weighted by Crippen LogP contribution is -2.17. The lowest BCUT2D eigenvalue weighted by molar-refractivity contribution is 0.0955. The van der Waals surface area contributed by atoms with E-state index in [1.807, 2.05) is 60.7 Å². The molecule has 6 nitrogen and oxygen atoms in total. The topological polar surface area (TPSA) is 79.4 Å². The molecule has 0 atom stereocenters. The van der Waals surface area contributed by atoms with Crippen LogP contribution in [0.3, 0.4) is 0 Å². The van der Waals surface area contributed by atoms with E-state index < -0.39 is 0 Å². The van der Waals surface area contributed by atoms with Gasteiger partial charge in [0.25, 0.3) is 5.91 Å². The molecule has 0 fully saturated rings. The molecule has 0 aliphatic heterocycles. The maximum atomic E-state index is 12.1. The zero-order valence-corrected chi connectivity index (χ0v) is 17.5. The highest BCUT2D eigenvalue weighted by molar-refractivity contribution is 14.1. The Morgan fingerprint density at radius 2 is 1.93 bits per heavy atom. The van der Waals surface area contributed by atoms with Gasteiger partial charge in [-0.15, -0.1) is 0 Å². The van der Waals surface area contributed by atoms with Crippen LogP contribution in [-0.2, 0) is 6.61 Å². The summed E-state index contributed by atoms with van der Waals surface area (Å²) in [6.07, 6.45) is 1.59. The minimum Gasteiger partial charge on any atom is -0.486 e. The zero-order chi connectivity index (χ0) is 20.1. The number of aromatic amines is 1. The van der Waals surface area contributed by atoms with E-state index in [1.165, 1.54) is 0 Å². The summed E-state index contributed by atoms with van der Waals surface area (Å²) in [6.45, 7) is 0.355. The molecule has 0 unspecified atom stereocenters. The largest absolute Gasteiger partial charge is 0.486 e. The Hall–Kier alpha value is -3.20. The lowest BCUT2D eigenvalue weighted by atomic mass is 10.2. The first-order chi connectivity index (χ1) is 14.2. The molecule has 29 heavy (non-hydrogen) atoms. The van der Waals surface area contributed by atoms with Gasteiger partial charge in [-0.25, -0.2) is 10.4 Å². The third-order valence-electron chi connectivity index (χ3n) is 4.16. The Balaban J connectivity index is 1.31. The van der Waals surface area contributed by atoms with Crippen molar-refractivity contribution in [2.45, 2.75) is 6.61 Å². The first-order valence-electron chi connectivity index (χ1n) is 8.93. The van der Waals surface area contributed by atoms with Crippen molar-refractivity contribution in [3.05, 3.63) is 93.3 Å². The van der Waals surface area contributed by atoms with Gasteiger partial charge >= 0.3 is 0 Å². The first kappa shape index (κ1) is 19.1. The number of benzene rings is 3. The van der Waals surface area contributed by atoms with Gasteiger partial charge in [0.05, 0.1) is 17.2 Å². The quantitative estimate of drug-likeness (QED) is 0.234. The third-order valence-corrected chi connectivity index (χ3v) is 4.83. The Morgan fingerprint density at radius 3 is 2.72 bits per heavy atom. The van der Waals surface area contributed by atoms with Crippen LogP contribution < -0.4 is 10.2 Å². The maximum absolute atomic E-state index is 12.1. The van der Waals surface area contributed by atoms with E-state index in [0.717, 1.165) is 31.7 Å². The molecule has 0 aliphatic carbocycles. The highest BCUT2D eigenvalue weighted by atomic mass is 127. The van der Waals surface area contributed by atoms with Crippen LogP contribution in [0.4, 0.5) is 0 Å². The number of amides is 1. The number of carbonyl (C=O) groups is 1. The summed E-state index contributed by atoms with van der Waals surface area (Å²) in [4.78, 5) is 19.8. The predicted molar refractivity (Wildman–Crippen MR) is 121 cm³/mol. The van der Waals surface area contributed by atoms with Crippen LogP contribution in [0.1, 0.15) is 21.7 Å². The number of fused-ring (bicyclic) bond motifs is 1. The van der Waals surface area contributed by atoms with Crippen LogP contribution in [-0.4, -0.2) is 22.1 Å². The van der Waals surface area contributed by atoms with Gasteiger partial charge in [0.2, 0.25) is 0 Å². The standard InChI is InChI=1S/C22H17IN4O2/c23-17-5-3-4-16(12-17)22(28)27-24-13-15-8-10-18(11-9-15)29-14-21-25-19-6-1-2-7-20(19)26-21/h1-13H,14H2,(H,25,26)(H,27,28)/b24-13-. The number of para-hydroxylation sites is 2. The number of nitrogens with zero attached hydrogens (tertiary/aromatic N) is 2. The van der Waals surface area contributed by atoms with Gasteiger partial charge in [0.1, 0.15) is 18.2 Å². The number of hydrazone groups is 1. The van der Waals surface area contributed by atoms with E-state index in [9.17, 15) is 4.79 Å². The average Bonchev–Trinajstić information content (AvgIpc) is 3.16. The van der Waals surface area contributed by atoms with Gasteiger partial charge < -0.3 is 9.72 Å². The molecule has 4 rings (SSSR count). The number of aromatic nitrogens is 2. The summed E-state index contributed by atoms with van der Waals surface area (Å²) < 4.78 is 6.78. The van der Waals surface area contributed by atoms with Crippen molar-refractivity contribution in [2.75, 3.05) is 0 Å². The fourth-order valence-corrected chi connectivity index (χ4v) is 3.28. The molecule has 1 aromatic heterocycles. The second-order valence-electron chi connectivity index (χ2n) is 6.27. The molecule has 1 amide bonds. The molecular weight excluding hydrogens is 479 g/mol. The van der Waals surface area contributed by atoms with E-state index in [1.54, 1.807) is 18.3 Å². The predicted octanol–water partition coefficient (Wildman–Crippen LogP) is 4.51. The number of imidazole rings is 1. The van der Waals surface area contributed by atoms with Crippen LogP contribution in [0.25, 0.3) is 11.0 Å². The monoisotopic (exact) mass is 496 g/mol. The molecule has 4 aromatic rings. The first-order valence-corrected chi connectivity index (χ1v) is 10.0. The van der Waals surface area contributed by atoms with Crippen molar-refractivity contribution < 1.29 is 9.53 Å². The van der Waals surface area contributed by atoms with E-state index in [-0.39, 0.29) is 5.91 Å². The van der Waals surface area contributed by atoms with E-state index in [4.69, 9.17) is 4.74 Å². The summed E-state index contributed by atoms with van der Waals surface area (Å²) in [5.74, 6) is 1.26. The van der Waals surface area contributed by atoms with Crippen molar-refractivity contribution in [3.63, 3.8) is 0 Å². The van der Waals surface area contributed by atoms with Gasteiger partial charge in [-0.05, 0) is 82.8 Å². The molecule has 0 saturated carbocycles. The molecule has 0 aliphatic rings. The molecule has 2 N–H and O–H groups in total. The highest BCUT2D eigenvalue weighted by Gasteiger charge is 2.04. The van der Waals surface area contributed by atoms with Crippen LogP contribution in [0.5, 0.6) is 5.75 Å². The molecule has 0 spiro atoms. The second kappa shape index (κ2) is 8.87. The fourth-order valence-electron chi connectivity index (χ4n) is 2.74. The normalized spacial score (nSPS) is 11.1. The van der Waals surface area contributed by atoms with Crippen LogP contribution in [0.15, 0.2) is 77.9 Å². The van der Waals surface area contributed by atoms with Crippen LogP contribution in [0.2, 0.25) is 0 Å². The summed E-state index contributed by atoms with van der Waals surface area (Å²) in [5, 5.41) is 4.01. The van der Waals surface area contributed by atoms with Crippen molar-refractivity contribution in [1.82, 2.24) is 15.4 Å². The molecule has 0 saturated heterocycles. The maximum Gasteiger partial charge on any atom is 0.271 e. The smallest absolute Gasteiger partial charge is 0.271 e. The van der Waals surface area contributed by atoms with Gasteiger partial charge in [0.15, 0.2) is 0 Å². The fraction of sp³-hybridized carbons (Fsp3) is 0.0455. The number of hydrogen-bond acceptors (Lipinski definition) is 4. The van der Waals surface area contributed by atoms with Gasteiger partial charge in [-0.2, -0.15) is 5.10 Å². The van der Waals surface area contributed by atoms with Crippen molar-refractivity contribution in [3.8, 4) is 5.75 Å². The summed E-state index contributed by atoms with van der Waals surface area (Å²) in [6, 6.07) is 22.6. The number of H-pyrrole nitrogens is 1. The highest BCUT2D eigenvalue weighted by Crippen LogP contribution is 2.15. The number of hydrogen-bond donors (Lipinski definition) is 2. The van der Waals surface area contributed by atoms with Crippen LogP contribution in [0, 0.1) is 3.57 Å². The van der Waals surface area contributed by atoms with E-state index in [2.05, 4.69) is 43.1 Å². The second-order valence-corrected chi connectivity index (χ2v) is 7.51. The number of carbonyl (C=O) groups excluding carboxylic acids is 1. The van der Waals surface area contributed by atoms with E-state index >= 15 is 0 Å². The van der Waals surface area contributed by atoms with E-state index in [0.29, 0.717) is 12.2 Å². The minimum absolute atomic E-state index is 0.245. The number of ether oxygens (including phenoxy) is 1. The van der Waals surface area contributed by atoms with Crippen molar-refractivity contribution >= 4 is 45.7 Å². The van der Waals surface area contributed by atoms with Crippen molar-refractivity contribution in [2.24, 2.45) is 5.10 Å². The Labute approximate surface area is 181 Å². The molecule has 144 valence electrons. The Kier molecular flexibility index (Phi) is 5.85. The minimum atomic E-state index is -0.245. The molecule has 0 bridgehead atoms. The number of rotatable bonds is 6. The summed E-state index contributed by atoms with van der Waals surface area (Å²) in [7, 11) is 0. The van der Waals surface area contributed by atoms with Crippen LogP contribution >= 0.6 is 22.6 Å². The van der Waals surface area contributed by atoms with Gasteiger partial charge in [-0.3, -0.25) is 4.79 Å². The van der Waals surface area contributed by atoms with Gasteiger partial charge in [0, 0.05) is 9.13 Å². The zero-order valence-electron chi connectivity index (χ0n) is 15.3. The summed E-state index contributed by atoms with van der Waals surface area (Å²) >= 11 is 2.17. The summed E-state index contributed by atoms with van der Waals surface area (Å²) in [5.41, 5.74) is 5.87. The molecule has 7 heteroatoms. The Bertz CT molecular complexity index is 1140. The third kappa shape index (κ3) is 5.00. The molecule has 1 heterocycles. The molecule has 0 radical (unpaired) electrons. The SMILES string of the molecule is O=C(N/N=C\c1ccc(OCc2nc3ccccc3[nH]2)cc1)c1cccc(I)c1. The molecular formula is C22H17IN4O2.